The van der Waals surface area contributed by atoms with Gasteiger partial charge in [-0.25, -0.2) is 9.78 Å². The van der Waals surface area contributed by atoms with Crippen LogP contribution in [0.1, 0.15) is 30.0 Å². The molecule has 6 nitrogen and oxygen atoms in total. The Morgan fingerprint density at radius 1 is 1.33 bits per heavy atom. The second-order valence-electron chi connectivity index (χ2n) is 6.18. The highest BCUT2D eigenvalue weighted by Crippen LogP contribution is 2.21. The van der Waals surface area contributed by atoms with Gasteiger partial charge in [-0.05, 0) is 44.2 Å². The highest BCUT2D eigenvalue weighted by molar-refractivity contribution is 7.99. The number of carbonyl (C=O) groups is 1. The lowest BCUT2D eigenvalue weighted by Crippen LogP contribution is -2.24. The molecule has 0 unspecified atom stereocenters. The van der Waals surface area contributed by atoms with Crippen LogP contribution < -0.4 is 5.56 Å². The predicted octanol–water partition coefficient (Wildman–Crippen LogP) is 3.88. The number of allylic oxidation sites excluding steroid dienone is 1. The number of esters is 1. The number of fused-ring (bicyclic) bond motifs is 1. The Hall–Kier alpha value is -2.80. The quantitative estimate of drug-likeness (QED) is 0.278. The van der Waals surface area contributed by atoms with Gasteiger partial charge >= 0.3 is 5.97 Å². The third-order valence-electron chi connectivity index (χ3n) is 3.94. The summed E-state index contributed by atoms with van der Waals surface area (Å²) in [6.07, 6.45) is 3.65. The number of methoxy groups -OCH3 is 1. The van der Waals surface area contributed by atoms with E-state index in [-0.39, 0.29) is 5.56 Å². The van der Waals surface area contributed by atoms with E-state index in [0.29, 0.717) is 39.7 Å². The van der Waals surface area contributed by atoms with Crippen molar-refractivity contribution in [1.29, 1.82) is 0 Å². The maximum absolute atomic E-state index is 13.1. The van der Waals surface area contributed by atoms with Crippen LogP contribution in [0.15, 0.2) is 62.6 Å². The van der Waals surface area contributed by atoms with E-state index < -0.39 is 5.97 Å². The van der Waals surface area contributed by atoms with Gasteiger partial charge in [-0.1, -0.05) is 23.4 Å². The Kier molecular flexibility index (Phi) is 5.81. The summed E-state index contributed by atoms with van der Waals surface area (Å²) in [6, 6.07) is 8.38. The molecule has 140 valence electrons. The average molecular weight is 384 g/mol. The van der Waals surface area contributed by atoms with Crippen LogP contribution >= 0.6 is 11.8 Å². The van der Waals surface area contributed by atoms with Crippen LogP contribution in [-0.2, 0) is 11.3 Å². The van der Waals surface area contributed by atoms with E-state index in [2.05, 4.69) is 11.1 Å². The van der Waals surface area contributed by atoms with Crippen LogP contribution in [0.3, 0.4) is 0 Å². The SMILES string of the molecule is COC(=O)c1ccc2c(=O)n(Cc3ccco3)c(SCC=C(C)C)nc2c1. The fraction of sp³-hybridized carbons (Fsp3) is 0.250. The first-order valence-electron chi connectivity index (χ1n) is 8.41. The Balaban J connectivity index is 2.11. The van der Waals surface area contributed by atoms with Crippen LogP contribution in [0.4, 0.5) is 0 Å². The van der Waals surface area contributed by atoms with Gasteiger partial charge < -0.3 is 9.15 Å². The van der Waals surface area contributed by atoms with Gasteiger partial charge in [0.15, 0.2) is 5.16 Å². The molecule has 0 aliphatic heterocycles. The van der Waals surface area contributed by atoms with Gasteiger partial charge in [0.25, 0.3) is 5.56 Å². The first-order chi connectivity index (χ1) is 13.0. The lowest BCUT2D eigenvalue weighted by atomic mass is 10.1. The predicted molar refractivity (Wildman–Crippen MR) is 105 cm³/mol. The number of nitrogens with zero attached hydrogens (tertiary/aromatic N) is 2. The Labute approximate surface area is 160 Å². The molecule has 0 aliphatic carbocycles. The van der Waals surface area contributed by atoms with Crippen molar-refractivity contribution in [3.05, 3.63) is 69.9 Å². The molecule has 0 fully saturated rings. The summed E-state index contributed by atoms with van der Waals surface area (Å²) >= 11 is 1.46. The molecular weight excluding hydrogens is 364 g/mol. The van der Waals surface area contributed by atoms with E-state index in [1.54, 1.807) is 35.1 Å². The molecule has 0 aliphatic rings. The summed E-state index contributed by atoms with van der Waals surface area (Å²) < 4.78 is 11.8. The molecule has 1 aromatic carbocycles. The van der Waals surface area contributed by atoms with Crippen molar-refractivity contribution in [3.63, 3.8) is 0 Å². The van der Waals surface area contributed by atoms with Gasteiger partial charge in [0.1, 0.15) is 5.76 Å². The minimum absolute atomic E-state index is 0.174. The second kappa shape index (κ2) is 8.26. The average Bonchev–Trinajstić information content (AvgIpc) is 3.16. The van der Waals surface area contributed by atoms with Gasteiger partial charge in [0.2, 0.25) is 0 Å². The van der Waals surface area contributed by atoms with Crippen molar-refractivity contribution in [2.24, 2.45) is 0 Å². The Morgan fingerprint density at radius 2 is 2.15 bits per heavy atom. The van der Waals surface area contributed by atoms with Crippen LogP contribution in [0.2, 0.25) is 0 Å². The normalized spacial score (nSPS) is 10.8. The molecule has 0 spiro atoms. The highest BCUT2D eigenvalue weighted by Gasteiger charge is 2.15. The van der Waals surface area contributed by atoms with E-state index >= 15 is 0 Å². The number of carbonyl (C=O) groups excluding carboxylic acids is 1. The molecule has 27 heavy (non-hydrogen) atoms. The molecule has 3 aromatic rings. The fourth-order valence-electron chi connectivity index (χ4n) is 2.54. The van der Waals surface area contributed by atoms with E-state index in [1.807, 2.05) is 19.9 Å². The Bertz CT molecular complexity index is 1050. The minimum Gasteiger partial charge on any atom is -0.467 e. The lowest BCUT2D eigenvalue weighted by Gasteiger charge is -2.12. The summed E-state index contributed by atoms with van der Waals surface area (Å²) in [5.74, 6) is 0.903. The van der Waals surface area contributed by atoms with E-state index in [0.717, 1.165) is 0 Å². The molecule has 2 aromatic heterocycles. The van der Waals surface area contributed by atoms with Crippen LogP contribution in [0.25, 0.3) is 10.9 Å². The number of ether oxygens (including phenoxy) is 1. The number of hydrogen-bond acceptors (Lipinski definition) is 6. The first-order valence-corrected chi connectivity index (χ1v) is 9.39. The smallest absolute Gasteiger partial charge is 0.337 e. The third kappa shape index (κ3) is 4.31. The molecule has 0 saturated carbocycles. The Morgan fingerprint density at radius 3 is 2.81 bits per heavy atom. The highest BCUT2D eigenvalue weighted by atomic mass is 32.2. The fourth-order valence-corrected chi connectivity index (χ4v) is 3.57. The zero-order valence-corrected chi connectivity index (χ0v) is 16.2. The second-order valence-corrected chi connectivity index (χ2v) is 7.17. The number of hydrogen-bond donors (Lipinski definition) is 0. The van der Waals surface area contributed by atoms with Crippen LogP contribution in [-0.4, -0.2) is 28.4 Å². The van der Waals surface area contributed by atoms with E-state index in [1.165, 1.54) is 24.4 Å². The van der Waals surface area contributed by atoms with Gasteiger partial charge in [-0.3, -0.25) is 9.36 Å². The summed E-state index contributed by atoms with van der Waals surface area (Å²) in [4.78, 5) is 29.5. The summed E-state index contributed by atoms with van der Waals surface area (Å²) in [6.45, 7) is 4.34. The monoisotopic (exact) mass is 384 g/mol. The van der Waals surface area contributed by atoms with Gasteiger partial charge in [-0.2, -0.15) is 0 Å². The molecule has 0 atom stereocenters. The summed E-state index contributed by atoms with van der Waals surface area (Å²) in [5.41, 5.74) is 1.85. The van der Waals surface area contributed by atoms with Crippen molar-refractivity contribution in [3.8, 4) is 0 Å². The molecule has 0 amide bonds. The molecular formula is C20H20N2O4S. The number of benzene rings is 1. The van der Waals surface area contributed by atoms with Crippen molar-refractivity contribution in [2.45, 2.75) is 25.5 Å². The van der Waals surface area contributed by atoms with Crippen molar-refractivity contribution in [2.75, 3.05) is 12.9 Å². The summed E-state index contributed by atoms with van der Waals surface area (Å²) in [7, 11) is 1.32. The van der Waals surface area contributed by atoms with E-state index in [4.69, 9.17) is 9.15 Å². The summed E-state index contributed by atoms with van der Waals surface area (Å²) in [5, 5.41) is 1.02. The minimum atomic E-state index is -0.461. The number of aromatic nitrogens is 2. The first kappa shape index (κ1) is 19.0. The maximum atomic E-state index is 13.1. The van der Waals surface area contributed by atoms with Crippen LogP contribution in [0, 0.1) is 0 Å². The molecule has 3 rings (SSSR count). The molecule has 0 N–H and O–H groups in total. The number of furan rings is 1. The third-order valence-corrected chi connectivity index (χ3v) is 4.84. The molecule has 0 saturated heterocycles. The van der Waals surface area contributed by atoms with Crippen molar-refractivity contribution < 1.29 is 13.9 Å². The zero-order valence-electron chi connectivity index (χ0n) is 15.4. The largest absolute Gasteiger partial charge is 0.467 e. The standard InChI is InChI=1S/C20H20N2O4S/c1-13(2)8-10-27-20-21-17-11-14(19(24)25-3)6-7-16(17)18(23)22(20)12-15-5-4-9-26-15/h4-9,11H,10,12H2,1-3H3. The van der Waals surface area contributed by atoms with Crippen molar-refractivity contribution >= 4 is 28.6 Å². The van der Waals surface area contributed by atoms with E-state index in [9.17, 15) is 9.59 Å². The van der Waals surface area contributed by atoms with Gasteiger partial charge in [0.05, 0.1) is 36.4 Å². The van der Waals surface area contributed by atoms with Crippen molar-refractivity contribution in [1.82, 2.24) is 9.55 Å². The van der Waals surface area contributed by atoms with Gasteiger partial charge in [-0.15, -0.1) is 0 Å². The molecule has 0 bridgehead atoms. The lowest BCUT2D eigenvalue weighted by molar-refractivity contribution is 0.0601. The zero-order chi connectivity index (χ0) is 19.4. The molecule has 2 heterocycles. The van der Waals surface area contributed by atoms with Gasteiger partial charge in [0, 0.05) is 5.75 Å². The maximum Gasteiger partial charge on any atom is 0.337 e. The topological polar surface area (TPSA) is 74.3 Å². The van der Waals surface area contributed by atoms with Crippen LogP contribution in [0.5, 0.6) is 0 Å². The molecule has 0 radical (unpaired) electrons. The number of rotatable bonds is 6. The molecule has 7 heteroatoms. The number of thioether (sulfide) groups is 1.